The van der Waals surface area contributed by atoms with Gasteiger partial charge < -0.3 is 15.2 Å². The van der Waals surface area contributed by atoms with E-state index in [0.717, 1.165) is 0 Å². The van der Waals surface area contributed by atoms with Crippen LogP contribution in [0.4, 0.5) is 4.79 Å². The molecule has 0 saturated heterocycles. The average molecular weight is 306 g/mol. The predicted molar refractivity (Wildman–Crippen MR) is 75.7 cm³/mol. The van der Waals surface area contributed by atoms with Crippen molar-refractivity contribution in [3.63, 3.8) is 0 Å². The molecule has 1 atom stereocenters. The highest BCUT2D eigenvalue weighted by molar-refractivity contribution is 6.42. The van der Waals surface area contributed by atoms with Crippen LogP contribution in [0.2, 0.25) is 10.0 Å². The maximum Gasteiger partial charge on any atom is 0.407 e. The number of aliphatic hydroxyl groups excluding tert-OH is 1. The first kappa shape index (κ1) is 16.1. The van der Waals surface area contributed by atoms with Crippen LogP contribution in [-0.2, 0) is 4.74 Å². The Labute approximate surface area is 122 Å². The van der Waals surface area contributed by atoms with Gasteiger partial charge in [0.05, 0.1) is 22.7 Å². The molecule has 0 aromatic heterocycles. The fourth-order valence-electron chi connectivity index (χ4n) is 1.33. The molecule has 0 saturated carbocycles. The highest BCUT2D eigenvalue weighted by Gasteiger charge is 2.17. The zero-order valence-electron chi connectivity index (χ0n) is 11.0. The molecule has 0 spiro atoms. The van der Waals surface area contributed by atoms with Crippen LogP contribution >= 0.6 is 23.2 Å². The summed E-state index contributed by atoms with van der Waals surface area (Å²) in [7, 11) is 0. The third kappa shape index (κ3) is 5.68. The Morgan fingerprint density at radius 2 is 2.00 bits per heavy atom. The van der Waals surface area contributed by atoms with E-state index < -0.39 is 17.8 Å². The van der Waals surface area contributed by atoms with Crippen LogP contribution in [0.25, 0.3) is 0 Å². The molecule has 0 heterocycles. The SMILES string of the molecule is CC(C)(C)OC(=O)NCC(O)c1ccc(Cl)c(Cl)c1. The van der Waals surface area contributed by atoms with E-state index in [0.29, 0.717) is 15.6 Å². The second-order valence-electron chi connectivity index (χ2n) is 5.07. The third-order valence-electron chi connectivity index (χ3n) is 2.17. The van der Waals surface area contributed by atoms with Crippen molar-refractivity contribution in [3.05, 3.63) is 33.8 Å². The Balaban J connectivity index is 2.53. The molecule has 1 aromatic carbocycles. The van der Waals surface area contributed by atoms with Crippen LogP contribution < -0.4 is 5.32 Å². The minimum Gasteiger partial charge on any atom is -0.444 e. The summed E-state index contributed by atoms with van der Waals surface area (Å²) in [4.78, 5) is 11.4. The molecule has 0 aliphatic rings. The third-order valence-corrected chi connectivity index (χ3v) is 2.91. The monoisotopic (exact) mass is 305 g/mol. The molecule has 0 fully saturated rings. The average Bonchev–Trinajstić information content (AvgIpc) is 2.27. The highest BCUT2D eigenvalue weighted by Crippen LogP contribution is 2.25. The quantitative estimate of drug-likeness (QED) is 0.898. The lowest BCUT2D eigenvalue weighted by Crippen LogP contribution is -2.34. The molecule has 1 amide bonds. The number of hydrogen-bond donors (Lipinski definition) is 2. The summed E-state index contributed by atoms with van der Waals surface area (Å²) in [6.07, 6.45) is -1.45. The van der Waals surface area contributed by atoms with E-state index in [1.165, 1.54) is 0 Å². The van der Waals surface area contributed by atoms with E-state index in [2.05, 4.69) is 5.32 Å². The zero-order chi connectivity index (χ0) is 14.6. The van der Waals surface area contributed by atoms with Gasteiger partial charge in [0.25, 0.3) is 0 Å². The molecule has 2 N–H and O–H groups in total. The molecule has 6 heteroatoms. The first-order valence-electron chi connectivity index (χ1n) is 5.79. The van der Waals surface area contributed by atoms with Gasteiger partial charge in [-0.05, 0) is 38.5 Å². The number of ether oxygens (including phenoxy) is 1. The van der Waals surface area contributed by atoms with Crippen LogP contribution in [0, 0.1) is 0 Å². The molecule has 0 radical (unpaired) electrons. The molecular formula is C13H17Cl2NO3. The summed E-state index contributed by atoms with van der Waals surface area (Å²) in [5.41, 5.74) is 0.00368. The van der Waals surface area contributed by atoms with Gasteiger partial charge in [0.1, 0.15) is 5.60 Å². The summed E-state index contributed by atoms with van der Waals surface area (Å²) >= 11 is 11.6. The smallest absolute Gasteiger partial charge is 0.407 e. The Bertz CT molecular complexity index is 458. The Hall–Kier alpha value is -0.970. The van der Waals surface area contributed by atoms with Gasteiger partial charge in [-0.3, -0.25) is 0 Å². The number of halogens is 2. The number of alkyl carbamates (subject to hydrolysis) is 1. The van der Waals surface area contributed by atoms with Gasteiger partial charge >= 0.3 is 6.09 Å². The first-order valence-corrected chi connectivity index (χ1v) is 6.54. The minimum absolute atomic E-state index is 0.0346. The minimum atomic E-state index is -0.873. The number of carbonyl (C=O) groups excluding carboxylic acids is 1. The standard InChI is InChI=1S/C13H17Cl2NO3/c1-13(2,3)19-12(18)16-7-11(17)8-4-5-9(14)10(15)6-8/h4-6,11,17H,7H2,1-3H3,(H,16,18). The number of carbonyl (C=O) groups is 1. The molecule has 1 aromatic rings. The fourth-order valence-corrected chi connectivity index (χ4v) is 1.64. The van der Waals surface area contributed by atoms with Gasteiger partial charge in [-0.15, -0.1) is 0 Å². The second-order valence-corrected chi connectivity index (χ2v) is 5.89. The maximum absolute atomic E-state index is 11.4. The van der Waals surface area contributed by atoms with Crippen molar-refractivity contribution >= 4 is 29.3 Å². The molecule has 106 valence electrons. The largest absolute Gasteiger partial charge is 0.444 e. The Morgan fingerprint density at radius 3 is 2.53 bits per heavy atom. The molecular weight excluding hydrogens is 289 g/mol. The van der Waals surface area contributed by atoms with Gasteiger partial charge in [-0.1, -0.05) is 29.3 Å². The summed E-state index contributed by atoms with van der Waals surface area (Å²) < 4.78 is 5.06. The fraction of sp³-hybridized carbons (Fsp3) is 0.462. The number of benzene rings is 1. The van der Waals surface area contributed by atoms with E-state index in [1.807, 2.05) is 0 Å². The summed E-state index contributed by atoms with van der Waals surface area (Å²) in [5.74, 6) is 0. The second kappa shape index (κ2) is 6.46. The predicted octanol–water partition coefficient (Wildman–Crippen LogP) is 3.55. The van der Waals surface area contributed by atoms with Crippen LogP contribution in [0.3, 0.4) is 0 Å². The van der Waals surface area contributed by atoms with Crippen molar-refractivity contribution < 1.29 is 14.6 Å². The van der Waals surface area contributed by atoms with Crippen molar-refractivity contribution in [2.75, 3.05) is 6.54 Å². The van der Waals surface area contributed by atoms with Gasteiger partial charge in [0.15, 0.2) is 0 Å². The van der Waals surface area contributed by atoms with Crippen LogP contribution in [0.1, 0.15) is 32.4 Å². The van der Waals surface area contributed by atoms with E-state index in [4.69, 9.17) is 27.9 Å². The van der Waals surface area contributed by atoms with Crippen molar-refractivity contribution in [1.29, 1.82) is 0 Å². The van der Waals surface area contributed by atoms with Gasteiger partial charge in [-0.2, -0.15) is 0 Å². The molecule has 0 aliphatic carbocycles. The first-order chi connectivity index (χ1) is 8.69. The molecule has 0 bridgehead atoms. The lowest BCUT2D eigenvalue weighted by atomic mass is 10.1. The normalized spacial score (nSPS) is 12.9. The number of hydrogen-bond acceptors (Lipinski definition) is 3. The summed E-state index contributed by atoms with van der Waals surface area (Å²) in [6.45, 7) is 5.33. The van der Waals surface area contributed by atoms with Gasteiger partial charge in [0.2, 0.25) is 0 Å². The number of amides is 1. The zero-order valence-corrected chi connectivity index (χ0v) is 12.5. The summed E-state index contributed by atoms with van der Waals surface area (Å²) in [6, 6.07) is 4.80. The number of nitrogens with one attached hydrogen (secondary N) is 1. The van der Waals surface area contributed by atoms with Crippen LogP contribution in [-0.4, -0.2) is 23.3 Å². The van der Waals surface area contributed by atoms with E-state index >= 15 is 0 Å². The molecule has 1 unspecified atom stereocenters. The lowest BCUT2D eigenvalue weighted by Gasteiger charge is -2.20. The van der Waals surface area contributed by atoms with E-state index in [9.17, 15) is 9.90 Å². The van der Waals surface area contributed by atoms with Gasteiger partial charge in [-0.25, -0.2) is 4.79 Å². The number of rotatable bonds is 3. The van der Waals surface area contributed by atoms with Crippen LogP contribution in [0.5, 0.6) is 0 Å². The Morgan fingerprint density at radius 1 is 1.37 bits per heavy atom. The van der Waals surface area contributed by atoms with Gasteiger partial charge in [0, 0.05) is 0 Å². The van der Waals surface area contributed by atoms with E-state index in [-0.39, 0.29) is 6.54 Å². The highest BCUT2D eigenvalue weighted by atomic mass is 35.5. The van der Waals surface area contributed by atoms with Crippen molar-refractivity contribution in [2.45, 2.75) is 32.5 Å². The van der Waals surface area contributed by atoms with Crippen molar-refractivity contribution in [2.24, 2.45) is 0 Å². The van der Waals surface area contributed by atoms with E-state index in [1.54, 1.807) is 39.0 Å². The lowest BCUT2D eigenvalue weighted by molar-refractivity contribution is 0.0492. The number of aliphatic hydroxyl groups is 1. The topological polar surface area (TPSA) is 58.6 Å². The molecule has 0 aliphatic heterocycles. The van der Waals surface area contributed by atoms with Crippen molar-refractivity contribution in [1.82, 2.24) is 5.32 Å². The Kier molecular flexibility index (Phi) is 5.47. The maximum atomic E-state index is 11.4. The molecule has 19 heavy (non-hydrogen) atoms. The van der Waals surface area contributed by atoms with Crippen molar-refractivity contribution in [3.8, 4) is 0 Å². The molecule has 4 nitrogen and oxygen atoms in total. The summed E-state index contributed by atoms with van der Waals surface area (Å²) in [5, 5.41) is 13.2. The molecule has 1 rings (SSSR count). The van der Waals surface area contributed by atoms with Crippen LogP contribution in [0.15, 0.2) is 18.2 Å².